The zero-order valence-electron chi connectivity index (χ0n) is 25.4. The van der Waals surface area contributed by atoms with E-state index in [2.05, 4.69) is 0 Å². The van der Waals surface area contributed by atoms with Crippen molar-refractivity contribution in [1.29, 1.82) is 5.26 Å². The average molecular weight is 744 g/mol. The Labute approximate surface area is 281 Å². The van der Waals surface area contributed by atoms with Gasteiger partial charge < -0.3 is 9.80 Å². The van der Waals surface area contributed by atoms with E-state index >= 15 is 0 Å². The van der Waals surface area contributed by atoms with Gasteiger partial charge in [-0.05, 0) is 44.9 Å². The minimum absolute atomic E-state index is 0.00969. The molecule has 1 aliphatic rings. The number of hydrogen-bond donors (Lipinski definition) is 1. The van der Waals surface area contributed by atoms with Crippen LogP contribution in [0, 0.1) is 11.3 Å². The number of aryl methyl sites for hydroxylation is 1. The maximum absolute atomic E-state index is 14.5. The Balaban J connectivity index is 1.88. The van der Waals surface area contributed by atoms with E-state index in [0.29, 0.717) is 34.4 Å². The third-order valence-corrected chi connectivity index (χ3v) is 9.10. The molecule has 18 heteroatoms. The van der Waals surface area contributed by atoms with Crippen LogP contribution in [-0.4, -0.2) is 48.7 Å². The minimum atomic E-state index is -4.96. The molecule has 0 saturated carbocycles. The predicted molar refractivity (Wildman–Crippen MR) is 168 cm³/mol. The van der Waals surface area contributed by atoms with Gasteiger partial charge >= 0.3 is 18.5 Å². The Hall–Kier alpha value is -3.52. The molecule has 2 aromatic carbocycles. The number of halogens is 9. The van der Waals surface area contributed by atoms with Gasteiger partial charge in [0.25, 0.3) is 15.9 Å². The maximum Gasteiger partial charge on any atom is 0.418 e. The summed E-state index contributed by atoms with van der Waals surface area (Å²) in [7, 11) is -4.22. The van der Waals surface area contributed by atoms with Gasteiger partial charge in [-0.25, -0.2) is 17.9 Å². The Bertz CT molecular complexity index is 1920. The molecular formula is C30H29Cl2F7N5O3S+. The van der Waals surface area contributed by atoms with Crippen LogP contribution in [0.15, 0.2) is 42.2 Å². The smallest absolute Gasteiger partial charge is 0.326 e. The zero-order chi connectivity index (χ0) is 35.8. The zero-order valence-corrected chi connectivity index (χ0v) is 27.7. The molecule has 0 bridgehead atoms. The quantitative estimate of drug-likeness (QED) is 0.0878. The molecule has 1 N–H and O–H groups in total. The number of rotatable bonds is 12. The standard InChI is InChI=1S/C30H28Cl2F7N5O3S/c1-3-41-24-14-20(31)18(16-40)12-22(24)43(10-5-6-11-48(45,46)47)26(41)8-7-9-27-42(4-2)25-15-21(32)19(30(37,38)39)13-23(25)44(27)17-29(35,36)28(33)34/h7-9,12-15,28H,3-6,10-11,17H2,1-2H3/p+1. The fourth-order valence-corrected chi connectivity index (χ4v) is 6.57. The highest BCUT2D eigenvalue weighted by atomic mass is 35.5. The van der Waals surface area contributed by atoms with E-state index in [1.165, 1.54) is 16.7 Å². The minimum Gasteiger partial charge on any atom is -0.326 e. The number of nitrogens with zero attached hydrogens (tertiary/aromatic N) is 5. The number of aromatic nitrogens is 2. The lowest BCUT2D eigenvalue weighted by atomic mass is 10.1. The second-order valence-corrected chi connectivity index (χ2v) is 13.2. The second kappa shape index (κ2) is 14.1. The van der Waals surface area contributed by atoms with Gasteiger partial charge in [0, 0.05) is 31.3 Å². The number of nitriles is 1. The molecule has 8 nitrogen and oxygen atoms in total. The SMILES string of the molecule is CCN1C(=CC=Cc2n(CC)c3cc(Cl)c(C(F)(F)F)cc3[n+]2CC(F)(F)C(F)F)N(CCCCS(=O)(=O)O)c2cc(C#N)c(Cl)cc21. The predicted octanol–water partition coefficient (Wildman–Crippen LogP) is 7.92. The van der Waals surface area contributed by atoms with Gasteiger partial charge in [-0.1, -0.05) is 29.3 Å². The van der Waals surface area contributed by atoms with Crippen molar-refractivity contribution in [3.63, 3.8) is 0 Å². The first-order chi connectivity index (χ1) is 22.3. The number of unbranched alkanes of at least 4 members (excludes halogenated alkanes) is 1. The van der Waals surface area contributed by atoms with Crippen LogP contribution in [0.3, 0.4) is 0 Å². The molecule has 1 aromatic heterocycles. The van der Waals surface area contributed by atoms with Gasteiger partial charge in [-0.15, -0.1) is 0 Å². The highest BCUT2D eigenvalue weighted by Crippen LogP contribution is 2.44. The molecular weight excluding hydrogens is 714 g/mol. The van der Waals surface area contributed by atoms with Crippen LogP contribution in [-0.2, 0) is 29.4 Å². The summed E-state index contributed by atoms with van der Waals surface area (Å²) in [4.78, 5) is 3.56. The van der Waals surface area contributed by atoms with Crippen LogP contribution in [0.25, 0.3) is 17.1 Å². The van der Waals surface area contributed by atoms with E-state index in [-0.39, 0.29) is 53.4 Å². The summed E-state index contributed by atoms with van der Waals surface area (Å²) in [6.07, 6.45) is -4.44. The van der Waals surface area contributed by atoms with Crippen molar-refractivity contribution in [2.75, 3.05) is 28.6 Å². The van der Waals surface area contributed by atoms with Crippen molar-refractivity contribution in [3.05, 3.63) is 69.2 Å². The van der Waals surface area contributed by atoms with Crippen LogP contribution >= 0.6 is 23.2 Å². The second-order valence-electron chi connectivity index (χ2n) is 10.8. The fourth-order valence-electron chi connectivity index (χ4n) is 5.54. The molecule has 0 atom stereocenters. The lowest BCUT2D eigenvalue weighted by molar-refractivity contribution is -0.694. The molecule has 48 heavy (non-hydrogen) atoms. The Kier molecular flexibility index (Phi) is 11.0. The van der Waals surface area contributed by atoms with Crippen molar-refractivity contribution < 1.29 is 48.3 Å². The van der Waals surface area contributed by atoms with E-state index in [4.69, 9.17) is 27.8 Å². The molecule has 0 aliphatic carbocycles. The number of imidazole rings is 1. The fraction of sp³-hybridized carbons (Fsp3) is 0.400. The van der Waals surface area contributed by atoms with Crippen LogP contribution in [0.4, 0.5) is 42.1 Å². The van der Waals surface area contributed by atoms with Crippen molar-refractivity contribution >= 4 is 61.8 Å². The summed E-state index contributed by atoms with van der Waals surface area (Å²) in [5.74, 6) is -4.72. The number of hydrogen-bond acceptors (Lipinski definition) is 5. The van der Waals surface area contributed by atoms with Crippen molar-refractivity contribution in [2.24, 2.45) is 0 Å². The normalized spacial score (nSPS) is 15.0. The van der Waals surface area contributed by atoms with Crippen LogP contribution in [0.2, 0.25) is 10.0 Å². The summed E-state index contributed by atoms with van der Waals surface area (Å²) >= 11 is 12.2. The van der Waals surface area contributed by atoms with Crippen LogP contribution in [0.5, 0.6) is 0 Å². The largest absolute Gasteiger partial charge is 0.418 e. The molecule has 0 unspecified atom stereocenters. The third kappa shape index (κ3) is 7.69. The van der Waals surface area contributed by atoms with Crippen molar-refractivity contribution in [2.45, 2.75) is 58.3 Å². The first-order valence-corrected chi connectivity index (χ1v) is 16.8. The summed E-state index contributed by atoms with van der Waals surface area (Å²) in [6.45, 7) is 2.39. The molecule has 3 aromatic rings. The average Bonchev–Trinajstić information content (AvgIpc) is 3.42. The maximum atomic E-state index is 14.5. The molecule has 0 radical (unpaired) electrons. The highest BCUT2D eigenvalue weighted by molar-refractivity contribution is 7.85. The lowest BCUT2D eigenvalue weighted by Crippen LogP contribution is -2.48. The van der Waals surface area contributed by atoms with Gasteiger partial charge in [-0.3, -0.25) is 4.55 Å². The number of anilines is 2. The molecule has 2 heterocycles. The van der Waals surface area contributed by atoms with Crippen LogP contribution < -0.4 is 14.4 Å². The monoisotopic (exact) mass is 742 g/mol. The van der Waals surface area contributed by atoms with Crippen LogP contribution in [0.1, 0.15) is 43.6 Å². The molecule has 4 rings (SSSR count). The van der Waals surface area contributed by atoms with Crippen molar-refractivity contribution in [1.82, 2.24) is 4.57 Å². The molecule has 1 aliphatic heterocycles. The number of alkyl halides is 7. The molecule has 0 spiro atoms. The van der Waals surface area contributed by atoms with Gasteiger partial charge in [0.15, 0.2) is 17.6 Å². The topological polar surface area (TPSA) is 93.4 Å². The van der Waals surface area contributed by atoms with Gasteiger partial charge in [0.1, 0.15) is 11.9 Å². The third-order valence-electron chi connectivity index (χ3n) is 7.67. The lowest BCUT2D eigenvalue weighted by Gasteiger charge is -2.24. The number of fused-ring (bicyclic) bond motifs is 2. The van der Waals surface area contributed by atoms with E-state index in [1.807, 2.05) is 13.0 Å². The van der Waals surface area contributed by atoms with Gasteiger partial charge in [0.2, 0.25) is 0 Å². The molecule has 0 amide bonds. The van der Waals surface area contributed by atoms with Gasteiger partial charge in [0.05, 0.1) is 44.8 Å². The summed E-state index contributed by atoms with van der Waals surface area (Å²) in [5.41, 5.74) is -0.387. The molecule has 0 saturated heterocycles. The summed E-state index contributed by atoms with van der Waals surface area (Å²) < 4.78 is 131. The van der Waals surface area contributed by atoms with E-state index in [0.717, 1.165) is 6.07 Å². The van der Waals surface area contributed by atoms with E-state index < -0.39 is 51.5 Å². The molecule has 0 fully saturated rings. The Morgan fingerprint density at radius 3 is 2.23 bits per heavy atom. The first kappa shape index (κ1) is 37.3. The number of allylic oxidation sites excluding steroid dienone is 2. The molecule has 260 valence electrons. The summed E-state index contributed by atoms with van der Waals surface area (Å²) in [6, 6.07) is 6.63. The summed E-state index contributed by atoms with van der Waals surface area (Å²) in [5, 5.41) is 9.03. The van der Waals surface area contributed by atoms with Crippen molar-refractivity contribution in [3.8, 4) is 6.07 Å². The van der Waals surface area contributed by atoms with Gasteiger partial charge in [-0.2, -0.15) is 35.6 Å². The van der Waals surface area contributed by atoms with E-state index in [1.54, 1.807) is 34.9 Å². The van der Waals surface area contributed by atoms with E-state index in [9.17, 15) is 44.4 Å². The Morgan fingerprint density at radius 1 is 1.00 bits per heavy atom. The highest BCUT2D eigenvalue weighted by Gasteiger charge is 2.45. The Morgan fingerprint density at radius 2 is 1.67 bits per heavy atom. The first-order valence-electron chi connectivity index (χ1n) is 14.5. The number of benzene rings is 2.